The average molecular weight is 346 g/mol. The molecule has 0 heterocycles. The van der Waals surface area contributed by atoms with Crippen molar-refractivity contribution in [3.8, 4) is 0 Å². The van der Waals surface area contributed by atoms with Crippen molar-refractivity contribution < 1.29 is 23.6 Å². The predicted molar refractivity (Wildman–Crippen MR) is 86.7 cm³/mol. The maximum absolute atomic E-state index is 13.0. The Morgan fingerprint density at radius 2 is 1.76 bits per heavy atom. The molecule has 2 rings (SSSR count). The van der Waals surface area contributed by atoms with E-state index >= 15 is 0 Å². The van der Waals surface area contributed by atoms with Gasteiger partial charge in [0.05, 0.1) is 23.6 Å². The van der Waals surface area contributed by atoms with Gasteiger partial charge in [-0.25, -0.2) is 9.18 Å². The molecule has 0 aliphatic heterocycles. The Morgan fingerprint density at radius 1 is 1.16 bits per heavy atom. The molecule has 0 saturated carbocycles. The number of benzene rings is 2. The topological polar surface area (TPSA) is 98.5 Å². The summed E-state index contributed by atoms with van der Waals surface area (Å²) in [5.41, 5.74) is 0.107. The molecule has 2 aromatic carbocycles. The minimum atomic E-state index is -0.788. The van der Waals surface area contributed by atoms with Gasteiger partial charge >= 0.3 is 5.97 Å². The van der Waals surface area contributed by atoms with Crippen LogP contribution in [0.5, 0.6) is 0 Å². The molecule has 1 N–H and O–H groups in total. The van der Waals surface area contributed by atoms with Gasteiger partial charge in [-0.05, 0) is 30.7 Å². The number of nitrogens with one attached hydrogen (secondary N) is 1. The number of rotatable bonds is 5. The van der Waals surface area contributed by atoms with Gasteiger partial charge in [-0.2, -0.15) is 0 Å². The van der Waals surface area contributed by atoms with Crippen LogP contribution in [0.25, 0.3) is 0 Å². The summed E-state index contributed by atoms with van der Waals surface area (Å²) in [5, 5.41) is 13.6. The number of hydrogen-bond acceptors (Lipinski definition) is 5. The van der Waals surface area contributed by atoms with Crippen molar-refractivity contribution in [3.63, 3.8) is 0 Å². The number of ether oxygens (including phenoxy) is 1. The molecule has 8 heteroatoms. The van der Waals surface area contributed by atoms with Crippen LogP contribution < -0.4 is 5.32 Å². The molecule has 0 aromatic heterocycles. The third kappa shape index (κ3) is 4.37. The number of halogens is 1. The molecule has 2 aromatic rings. The van der Waals surface area contributed by atoms with Crippen molar-refractivity contribution in [1.29, 1.82) is 0 Å². The number of carbonyl (C=O) groups excluding carboxylic acids is 2. The van der Waals surface area contributed by atoms with E-state index in [1.54, 1.807) is 6.92 Å². The zero-order chi connectivity index (χ0) is 18.6. The van der Waals surface area contributed by atoms with E-state index in [2.05, 4.69) is 10.1 Å². The third-order valence-corrected chi connectivity index (χ3v) is 3.53. The largest absolute Gasteiger partial charge is 0.465 e. The Morgan fingerprint density at radius 3 is 2.32 bits per heavy atom. The molecule has 130 valence electrons. The number of amides is 1. The smallest absolute Gasteiger partial charge is 0.338 e. The lowest BCUT2D eigenvalue weighted by Gasteiger charge is -2.14. The molecule has 0 bridgehead atoms. The zero-order valence-electron chi connectivity index (χ0n) is 13.5. The van der Waals surface area contributed by atoms with Gasteiger partial charge in [0.1, 0.15) is 5.82 Å². The van der Waals surface area contributed by atoms with Crippen molar-refractivity contribution >= 4 is 17.6 Å². The van der Waals surface area contributed by atoms with Crippen LogP contribution in [0, 0.1) is 15.9 Å². The maximum Gasteiger partial charge on any atom is 0.338 e. The number of nitro benzene ring substituents is 1. The summed E-state index contributed by atoms with van der Waals surface area (Å²) in [6, 6.07) is 8.42. The van der Waals surface area contributed by atoms with Gasteiger partial charge < -0.3 is 10.1 Å². The Labute approximate surface area is 142 Å². The maximum atomic E-state index is 13.0. The highest BCUT2D eigenvalue weighted by atomic mass is 19.1. The molecule has 25 heavy (non-hydrogen) atoms. The van der Waals surface area contributed by atoms with Gasteiger partial charge in [0, 0.05) is 17.7 Å². The quantitative estimate of drug-likeness (QED) is 0.510. The van der Waals surface area contributed by atoms with Gasteiger partial charge in [0.25, 0.3) is 11.6 Å². The normalized spacial score (nSPS) is 11.5. The minimum absolute atomic E-state index is 0.0523. The lowest BCUT2D eigenvalue weighted by Crippen LogP contribution is -2.27. The molecule has 0 spiro atoms. The minimum Gasteiger partial charge on any atom is -0.465 e. The van der Waals surface area contributed by atoms with E-state index in [0.717, 1.165) is 19.2 Å². The first kappa shape index (κ1) is 18.1. The fourth-order valence-electron chi connectivity index (χ4n) is 2.20. The third-order valence-electron chi connectivity index (χ3n) is 3.53. The highest BCUT2D eigenvalue weighted by Gasteiger charge is 2.19. The van der Waals surface area contributed by atoms with E-state index in [0.29, 0.717) is 5.56 Å². The van der Waals surface area contributed by atoms with Crippen molar-refractivity contribution in [3.05, 3.63) is 75.1 Å². The molecule has 0 fully saturated rings. The lowest BCUT2D eigenvalue weighted by atomic mass is 10.1. The number of esters is 1. The number of carbonyl (C=O) groups is 2. The van der Waals surface area contributed by atoms with Crippen molar-refractivity contribution in [2.75, 3.05) is 7.11 Å². The monoisotopic (exact) mass is 346 g/mol. The molecule has 0 aliphatic rings. The molecule has 0 unspecified atom stereocenters. The van der Waals surface area contributed by atoms with E-state index in [-0.39, 0.29) is 11.1 Å². The molecule has 0 radical (unpaired) electrons. The second kappa shape index (κ2) is 7.52. The summed E-state index contributed by atoms with van der Waals surface area (Å²) in [6.45, 7) is 1.68. The summed E-state index contributed by atoms with van der Waals surface area (Å²) >= 11 is 0. The van der Waals surface area contributed by atoms with Crippen LogP contribution in [0.2, 0.25) is 0 Å². The van der Waals surface area contributed by atoms with E-state index in [1.165, 1.54) is 30.3 Å². The summed E-state index contributed by atoms with van der Waals surface area (Å²) in [4.78, 5) is 34.3. The molecule has 1 atom stereocenters. The number of nitro groups is 1. The van der Waals surface area contributed by atoms with Gasteiger partial charge in [0.15, 0.2) is 0 Å². The van der Waals surface area contributed by atoms with Crippen LogP contribution in [0.4, 0.5) is 10.1 Å². The van der Waals surface area contributed by atoms with Gasteiger partial charge in [-0.3, -0.25) is 14.9 Å². The number of hydrogen-bond donors (Lipinski definition) is 1. The fraction of sp³-hybridized carbons (Fsp3) is 0.176. The van der Waals surface area contributed by atoms with Gasteiger partial charge in [0.2, 0.25) is 0 Å². The highest BCUT2D eigenvalue weighted by Crippen LogP contribution is 2.20. The van der Waals surface area contributed by atoms with E-state index in [4.69, 9.17) is 0 Å². The Bertz CT molecular complexity index is 820. The van der Waals surface area contributed by atoms with Crippen LogP contribution in [0.1, 0.15) is 39.2 Å². The first-order valence-electron chi connectivity index (χ1n) is 7.26. The van der Waals surface area contributed by atoms with E-state index in [1.807, 2.05) is 0 Å². The number of nitrogens with zero attached hydrogens (tertiary/aromatic N) is 1. The van der Waals surface area contributed by atoms with Crippen LogP contribution in [0.15, 0.2) is 42.5 Å². The highest BCUT2D eigenvalue weighted by molar-refractivity contribution is 5.99. The van der Waals surface area contributed by atoms with Crippen molar-refractivity contribution in [2.24, 2.45) is 0 Å². The molecule has 0 aliphatic carbocycles. The van der Waals surface area contributed by atoms with Crippen LogP contribution in [-0.2, 0) is 4.74 Å². The molecule has 7 nitrogen and oxygen atoms in total. The first-order chi connectivity index (χ1) is 11.8. The molecule has 1 amide bonds. The molecule has 0 saturated heterocycles. The second-order valence-electron chi connectivity index (χ2n) is 5.26. The van der Waals surface area contributed by atoms with Gasteiger partial charge in [-0.1, -0.05) is 12.1 Å². The van der Waals surface area contributed by atoms with Crippen LogP contribution in [-0.4, -0.2) is 23.9 Å². The van der Waals surface area contributed by atoms with Crippen LogP contribution in [0.3, 0.4) is 0 Å². The second-order valence-corrected chi connectivity index (χ2v) is 5.26. The summed E-state index contributed by atoms with van der Waals surface area (Å²) < 4.78 is 17.5. The molecular weight excluding hydrogens is 331 g/mol. The summed E-state index contributed by atoms with van der Waals surface area (Å²) in [7, 11) is 1.14. The van der Waals surface area contributed by atoms with Crippen molar-refractivity contribution in [1.82, 2.24) is 5.32 Å². The summed E-state index contributed by atoms with van der Waals surface area (Å²) in [6.07, 6.45) is 0. The SMILES string of the molecule is COC(=O)c1cc(C(=O)N[C@H](C)c2ccc(F)cc2)cc([N+](=O)[O-])c1. The Hall–Kier alpha value is -3.29. The number of non-ortho nitro benzene ring substituents is 1. The van der Waals surface area contributed by atoms with Crippen molar-refractivity contribution in [2.45, 2.75) is 13.0 Å². The summed E-state index contributed by atoms with van der Waals surface area (Å²) in [5.74, 6) is -1.79. The van der Waals surface area contributed by atoms with E-state index < -0.39 is 34.3 Å². The lowest BCUT2D eigenvalue weighted by molar-refractivity contribution is -0.384. The Kier molecular flexibility index (Phi) is 5.43. The zero-order valence-corrected chi connectivity index (χ0v) is 13.5. The predicted octanol–water partition coefficient (Wildman–Crippen LogP) is 3.01. The standard InChI is InChI=1S/C17H15FN2O5/c1-10(11-3-5-14(18)6-4-11)19-16(21)12-7-13(17(22)25-2)9-15(8-12)20(23)24/h3-10H,1-2H3,(H,19,21)/t10-/m1/s1. The van der Waals surface area contributed by atoms with Gasteiger partial charge in [-0.15, -0.1) is 0 Å². The fourth-order valence-corrected chi connectivity index (χ4v) is 2.20. The first-order valence-corrected chi connectivity index (χ1v) is 7.26. The van der Waals surface area contributed by atoms with Crippen LogP contribution >= 0.6 is 0 Å². The van der Waals surface area contributed by atoms with E-state index in [9.17, 15) is 24.1 Å². The average Bonchev–Trinajstić information content (AvgIpc) is 2.60. The molecular formula is C17H15FN2O5. The Balaban J connectivity index is 2.28. The number of methoxy groups -OCH3 is 1.